The Morgan fingerprint density at radius 3 is 2.50 bits per heavy atom. The molecule has 136 valence electrons. The number of anilines is 1. The second-order valence-electron chi connectivity index (χ2n) is 7.01. The van der Waals surface area contributed by atoms with Gasteiger partial charge in [-0.15, -0.1) is 0 Å². The van der Waals surface area contributed by atoms with E-state index in [0.717, 1.165) is 51.4 Å². The molecule has 5 nitrogen and oxygen atoms in total. The Morgan fingerprint density at radius 1 is 1.04 bits per heavy atom. The number of piperazine rings is 1. The van der Waals surface area contributed by atoms with Crippen molar-refractivity contribution in [2.45, 2.75) is 12.5 Å². The maximum Gasteiger partial charge on any atom is 0.248 e. The van der Waals surface area contributed by atoms with Gasteiger partial charge >= 0.3 is 0 Å². The fraction of sp³-hybridized carbons (Fsp3) is 0.381. The molecule has 1 unspecified atom stereocenters. The summed E-state index contributed by atoms with van der Waals surface area (Å²) in [6.45, 7) is 5.74. The molecule has 0 aliphatic carbocycles. The number of rotatable bonds is 4. The first-order valence-corrected chi connectivity index (χ1v) is 9.27. The highest BCUT2D eigenvalue weighted by atomic mass is 16.5. The lowest BCUT2D eigenvalue weighted by Crippen LogP contribution is -2.48. The van der Waals surface area contributed by atoms with Crippen molar-refractivity contribution < 1.29 is 9.53 Å². The number of carbonyl (C=O) groups excluding carboxylic acids is 1. The third-order valence-corrected chi connectivity index (χ3v) is 5.41. The molecular weight excluding hydrogens is 326 g/mol. The Hall–Kier alpha value is -2.37. The minimum absolute atomic E-state index is 0.182. The number of amides is 1. The summed E-state index contributed by atoms with van der Waals surface area (Å²) in [6, 6.07) is 16.2. The van der Waals surface area contributed by atoms with Gasteiger partial charge in [0.25, 0.3) is 0 Å². The number of nitrogens with zero attached hydrogens (tertiary/aromatic N) is 2. The monoisotopic (exact) mass is 351 g/mol. The standard InChI is InChI=1S/C21H25N3O2/c22-21(25)17-5-7-18(8-6-17)24-12-10-23(11-13-24)15-20-19-4-2-1-3-16(19)9-14-26-20/h1-8,20H,9-15H2,(H2,22,25). The smallest absolute Gasteiger partial charge is 0.248 e. The molecule has 0 bridgehead atoms. The predicted molar refractivity (Wildman–Crippen MR) is 102 cm³/mol. The first kappa shape index (κ1) is 17.1. The lowest BCUT2D eigenvalue weighted by atomic mass is 9.97. The molecule has 0 spiro atoms. The van der Waals surface area contributed by atoms with Crippen molar-refractivity contribution in [2.75, 3.05) is 44.2 Å². The number of fused-ring (bicyclic) bond motifs is 1. The highest BCUT2D eigenvalue weighted by Gasteiger charge is 2.25. The molecule has 1 atom stereocenters. The Balaban J connectivity index is 1.35. The third-order valence-electron chi connectivity index (χ3n) is 5.41. The van der Waals surface area contributed by atoms with Crippen LogP contribution < -0.4 is 10.6 Å². The summed E-state index contributed by atoms with van der Waals surface area (Å²) in [6.07, 6.45) is 1.20. The molecule has 0 saturated carbocycles. The van der Waals surface area contributed by atoms with E-state index < -0.39 is 0 Å². The van der Waals surface area contributed by atoms with Crippen LogP contribution in [0.25, 0.3) is 0 Å². The zero-order valence-corrected chi connectivity index (χ0v) is 14.9. The van der Waals surface area contributed by atoms with E-state index in [1.807, 2.05) is 12.1 Å². The molecule has 0 radical (unpaired) electrons. The van der Waals surface area contributed by atoms with Crippen LogP contribution in [0.5, 0.6) is 0 Å². The van der Waals surface area contributed by atoms with Crippen LogP contribution in [-0.4, -0.2) is 50.1 Å². The van der Waals surface area contributed by atoms with E-state index in [-0.39, 0.29) is 12.0 Å². The van der Waals surface area contributed by atoms with Gasteiger partial charge in [0.2, 0.25) is 5.91 Å². The summed E-state index contributed by atoms with van der Waals surface area (Å²) in [5, 5.41) is 0. The molecule has 2 heterocycles. The first-order chi connectivity index (χ1) is 12.7. The highest BCUT2D eigenvalue weighted by molar-refractivity contribution is 5.93. The Kier molecular flexibility index (Phi) is 4.91. The number of hydrogen-bond donors (Lipinski definition) is 1. The second-order valence-corrected chi connectivity index (χ2v) is 7.01. The van der Waals surface area contributed by atoms with Gasteiger partial charge in [-0.25, -0.2) is 0 Å². The van der Waals surface area contributed by atoms with Crippen LogP contribution in [0.3, 0.4) is 0 Å². The van der Waals surface area contributed by atoms with Crippen molar-refractivity contribution in [1.82, 2.24) is 4.90 Å². The molecular formula is C21H25N3O2. The average molecular weight is 351 g/mol. The van der Waals surface area contributed by atoms with Crippen LogP contribution in [0.1, 0.15) is 27.6 Å². The van der Waals surface area contributed by atoms with Crippen molar-refractivity contribution in [2.24, 2.45) is 5.73 Å². The molecule has 26 heavy (non-hydrogen) atoms. The molecule has 5 heteroatoms. The number of ether oxygens (including phenoxy) is 1. The zero-order chi connectivity index (χ0) is 17.9. The summed E-state index contributed by atoms with van der Waals surface area (Å²) in [7, 11) is 0. The lowest BCUT2D eigenvalue weighted by Gasteiger charge is -2.38. The van der Waals surface area contributed by atoms with E-state index in [2.05, 4.69) is 34.1 Å². The summed E-state index contributed by atoms with van der Waals surface area (Å²) in [5.41, 5.74) is 9.79. The van der Waals surface area contributed by atoms with Crippen LogP contribution in [0.4, 0.5) is 5.69 Å². The minimum Gasteiger partial charge on any atom is -0.372 e. The van der Waals surface area contributed by atoms with Crippen LogP contribution in [-0.2, 0) is 11.2 Å². The van der Waals surface area contributed by atoms with E-state index >= 15 is 0 Å². The fourth-order valence-corrected chi connectivity index (χ4v) is 3.89. The Morgan fingerprint density at radius 2 is 1.77 bits per heavy atom. The molecule has 2 aliphatic heterocycles. The quantitative estimate of drug-likeness (QED) is 0.918. The average Bonchev–Trinajstić information content (AvgIpc) is 2.69. The molecule has 2 aliphatic rings. The minimum atomic E-state index is -0.380. The van der Waals surface area contributed by atoms with Gasteiger partial charge in [-0.3, -0.25) is 9.69 Å². The maximum atomic E-state index is 11.2. The van der Waals surface area contributed by atoms with Crippen LogP contribution in [0.2, 0.25) is 0 Å². The van der Waals surface area contributed by atoms with Gasteiger partial charge in [-0.2, -0.15) is 0 Å². The molecule has 1 fully saturated rings. The molecule has 2 aromatic rings. The third kappa shape index (κ3) is 3.59. The molecule has 1 saturated heterocycles. The topological polar surface area (TPSA) is 58.8 Å². The molecule has 4 rings (SSSR count). The summed E-state index contributed by atoms with van der Waals surface area (Å²) in [4.78, 5) is 16.0. The zero-order valence-electron chi connectivity index (χ0n) is 14.9. The SMILES string of the molecule is NC(=O)c1ccc(N2CCN(CC3OCCc4ccccc43)CC2)cc1. The van der Waals surface area contributed by atoms with Gasteiger partial charge in [0, 0.05) is 44.0 Å². The normalized spacial score (nSPS) is 20.6. The number of nitrogens with two attached hydrogens (primary N) is 1. The Bertz CT molecular complexity index is 767. The highest BCUT2D eigenvalue weighted by Crippen LogP contribution is 2.28. The van der Waals surface area contributed by atoms with Crippen LogP contribution in [0.15, 0.2) is 48.5 Å². The van der Waals surface area contributed by atoms with E-state index in [9.17, 15) is 4.79 Å². The molecule has 1 amide bonds. The largest absolute Gasteiger partial charge is 0.372 e. The van der Waals surface area contributed by atoms with Gasteiger partial charge in [-0.05, 0) is 41.8 Å². The summed E-state index contributed by atoms with van der Waals surface area (Å²) >= 11 is 0. The van der Waals surface area contributed by atoms with E-state index in [4.69, 9.17) is 10.5 Å². The molecule has 2 N–H and O–H groups in total. The summed E-state index contributed by atoms with van der Waals surface area (Å²) < 4.78 is 6.06. The number of primary amides is 1. The fourth-order valence-electron chi connectivity index (χ4n) is 3.89. The maximum absolute atomic E-state index is 11.2. The van der Waals surface area contributed by atoms with Crippen molar-refractivity contribution >= 4 is 11.6 Å². The van der Waals surface area contributed by atoms with Gasteiger partial charge in [0.05, 0.1) is 12.7 Å². The van der Waals surface area contributed by atoms with Crippen LogP contribution in [0, 0.1) is 0 Å². The number of hydrogen-bond acceptors (Lipinski definition) is 4. The predicted octanol–water partition coefficient (Wildman–Crippen LogP) is 2.22. The van der Waals surface area contributed by atoms with E-state index in [1.165, 1.54) is 11.1 Å². The molecule has 0 aromatic heterocycles. The number of benzene rings is 2. The van der Waals surface area contributed by atoms with Crippen molar-refractivity contribution in [1.29, 1.82) is 0 Å². The van der Waals surface area contributed by atoms with Gasteiger partial charge < -0.3 is 15.4 Å². The van der Waals surface area contributed by atoms with Gasteiger partial charge in [0.15, 0.2) is 0 Å². The van der Waals surface area contributed by atoms with Crippen molar-refractivity contribution in [3.05, 3.63) is 65.2 Å². The number of carbonyl (C=O) groups is 1. The van der Waals surface area contributed by atoms with E-state index in [0.29, 0.717) is 5.56 Å². The van der Waals surface area contributed by atoms with Crippen molar-refractivity contribution in [3.63, 3.8) is 0 Å². The van der Waals surface area contributed by atoms with E-state index in [1.54, 1.807) is 12.1 Å². The molecule has 2 aromatic carbocycles. The van der Waals surface area contributed by atoms with Gasteiger partial charge in [-0.1, -0.05) is 24.3 Å². The first-order valence-electron chi connectivity index (χ1n) is 9.27. The van der Waals surface area contributed by atoms with Crippen LogP contribution >= 0.6 is 0 Å². The lowest BCUT2D eigenvalue weighted by molar-refractivity contribution is 0.0148. The Labute approximate surface area is 154 Å². The summed E-state index contributed by atoms with van der Waals surface area (Å²) in [5.74, 6) is -0.380. The second kappa shape index (κ2) is 7.48. The van der Waals surface area contributed by atoms with Gasteiger partial charge in [0.1, 0.15) is 0 Å². The van der Waals surface area contributed by atoms with Crippen molar-refractivity contribution in [3.8, 4) is 0 Å².